The van der Waals surface area contributed by atoms with Gasteiger partial charge in [0.25, 0.3) is 0 Å². The molecule has 8 heteroatoms. The van der Waals surface area contributed by atoms with E-state index in [2.05, 4.69) is 0 Å². The molecule has 0 amide bonds. The van der Waals surface area contributed by atoms with Crippen LogP contribution in [-0.2, 0) is 18.2 Å². The lowest BCUT2D eigenvalue weighted by atomic mass is 10.1. The van der Waals surface area contributed by atoms with Crippen molar-refractivity contribution in [2.75, 3.05) is 0 Å². The molecule has 0 spiro atoms. The SMILES string of the molecule is FC(F)(F)c1cc(CCl)cc(C(F)(F)F)c1I. The average molecular weight is 388 g/mol. The van der Waals surface area contributed by atoms with Crippen LogP contribution in [-0.4, -0.2) is 0 Å². The second kappa shape index (κ2) is 4.83. The summed E-state index contributed by atoms with van der Waals surface area (Å²) in [5, 5.41) is 0. The zero-order chi connectivity index (χ0) is 13.4. The molecule has 1 aromatic carbocycles. The maximum absolute atomic E-state index is 12.5. The first kappa shape index (κ1) is 14.9. The molecule has 0 heterocycles. The fourth-order valence-electron chi connectivity index (χ4n) is 1.17. The van der Waals surface area contributed by atoms with E-state index in [4.69, 9.17) is 11.6 Å². The second-order valence-electron chi connectivity index (χ2n) is 3.13. The van der Waals surface area contributed by atoms with Crippen molar-refractivity contribution in [2.24, 2.45) is 0 Å². The van der Waals surface area contributed by atoms with Gasteiger partial charge in [-0.2, -0.15) is 26.3 Å². The van der Waals surface area contributed by atoms with Gasteiger partial charge in [0.2, 0.25) is 0 Å². The van der Waals surface area contributed by atoms with Crippen LogP contribution in [0.2, 0.25) is 0 Å². The van der Waals surface area contributed by atoms with E-state index in [1.54, 1.807) is 0 Å². The van der Waals surface area contributed by atoms with Crippen molar-refractivity contribution in [1.82, 2.24) is 0 Å². The first-order valence-electron chi connectivity index (χ1n) is 4.10. The minimum atomic E-state index is -4.83. The Bertz CT molecular complexity index is 387. The summed E-state index contributed by atoms with van der Waals surface area (Å²) >= 11 is 6.33. The number of hydrogen-bond acceptors (Lipinski definition) is 0. The molecule has 0 N–H and O–H groups in total. The number of hydrogen-bond donors (Lipinski definition) is 0. The summed E-state index contributed by atoms with van der Waals surface area (Å²) in [4.78, 5) is 0. The summed E-state index contributed by atoms with van der Waals surface area (Å²) in [6.07, 6.45) is -9.67. The maximum Gasteiger partial charge on any atom is 0.417 e. The quantitative estimate of drug-likeness (QED) is 0.358. The number of benzene rings is 1. The molecule has 1 rings (SSSR count). The van der Waals surface area contributed by atoms with Crippen LogP contribution in [0.25, 0.3) is 0 Å². The third kappa shape index (κ3) is 3.40. The first-order valence-corrected chi connectivity index (χ1v) is 5.71. The predicted octanol–water partition coefficient (Wildman–Crippen LogP) is 5.07. The van der Waals surface area contributed by atoms with Crippen LogP contribution in [0.5, 0.6) is 0 Å². The third-order valence-electron chi connectivity index (χ3n) is 1.90. The van der Waals surface area contributed by atoms with Gasteiger partial charge < -0.3 is 0 Å². The van der Waals surface area contributed by atoms with Crippen LogP contribution in [0.1, 0.15) is 16.7 Å². The van der Waals surface area contributed by atoms with Crippen LogP contribution < -0.4 is 0 Å². The molecule has 0 fully saturated rings. The van der Waals surface area contributed by atoms with E-state index >= 15 is 0 Å². The van der Waals surface area contributed by atoms with Gasteiger partial charge in [-0.05, 0) is 40.3 Å². The summed E-state index contributed by atoms with van der Waals surface area (Å²) in [7, 11) is 0. The van der Waals surface area contributed by atoms with Gasteiger partial charge in [0, 0.05) is 9.45 Å². The van der Waals surface area contributed by atoms with E-state index in [-0.39, 0.29) is 5.56 Å². The van der Waals surface area contributed by atoms with E-state index in [1.807, 2.05) is 0 Å². The molecular weight excluding hydrogens is 384 g/mol. The van der Waals surface area contributed by atoms with Crippen LogP contribution >= 0.6 is 34.2 Å². The van der Waals surface area contributed by atoms with Crippen molar-refractivity contribution in [1.29, 1.82) is 0 Å². The molecule has 0 aliphatic rings. The minimum Gasteiger partial charge on any atom is -0.166 e. The average Bonchev–Trinajstić information content (AvgIpc) is 2.14. The van der Waals surface area contributed by atoms with Gasteiger partial charge in [-0.15, -0.1) is 11.6 Å². The molecule has 96 valence electrons. The smallest absolute Gasteiger partial charge is 0.166 e. The van der Waals surface area contributed by atoms with Crippen molar-refractivity contribution in [3.63, 3.8) is 0 Å². The molecule has 0 aliphatic carbocycles. The van der Waals surface area contributed by atoms with Crippen LogP contribution in [0, 0.1) is 3.57 Å². The molecule has 0 radical (unpaired) electrons. The minimum absolute atomic E-state index is 0.216. The second-order valence-corrected chi connectivity index (χ2v) is 4.48. The lowest BCUT2D eigenvalue weighted by molar-refractivity contribution is -0.144. The Kier molecular flexibility index (Phi) is 4.23. The molecular formula is C9H4ClF6I. The Morgan fingerprint density at radius 3 is 1.53 bits per heavy atom. The van der Waals surface area contributed by atoms with Gasteiger partial charge in [-0.3, -0.25) is 0 Å². The third-order valence-corrected chi connectivity index (χ3v) is 3.37. The molecule has 0 aromatic heterocycles. The van der Waals surface area contributed by atoms with Crippen molar-refractivity contribution >= 4 is 34.2 Å². The summed E-state index contributed by atoms with van der Waals surface area (Å²) < 4.78 is 74.2. The van der Waals surface area contributed by atoms with Crippen LogP contribution in [0.15, 0.2) is 12.1 Å². The molecule has 1 aromatic rings. The van der Waals surface area contributed by atoms with Gasteiger partial charge >= 0.3 is 12.4 Å². The highest BCUT2D eigenvalue weighted by Gasteiger charge is 2.40. The van der Waals surface area contributed by atoms with E-state index in [0.29, 0.717) is 12.1 Å². The van der Waals surface area contributed by atoms with Gasteiger partial charge in [0.1, 0.15) is 0 Å². The molecule has 0 aliphatic heterocycles. The maximum atomic E-state index is 12.5. The highest BCUT2D eigenvalue weighted by Crippen LogP contribution is 2.40. The zero-order valence-electron chi connectivity index (χ0n) is 7.89. The Balaban J connectivity index is 3.53. The topological polar surface area (TPSA) is 0 Å². The number of alkyl halides is 7. The highest BCUT2D eigenvalue weighted by atomic mass is 127. The van der Waals surface area contributed by atoms with E-state index in [1.165, 1.54) is 0 Å². The van der Waals surface area contributed by atoms with Crippen LogP contribution in [0.3, 0.4) is 0 Å². The van der Waals surface area contributed by atoms with Gasteiger partial charge in [0.05, 0.1) is 11.1 Å². The van der Waals surface area contributed by atoms with Crippen molar-refractivity contribution < 1.29 is 26.3 Å². The van der Waals surface area contributed by atoms with E-state index < -0.39 is 32.9 Å². The van der Waals surface area contributed by atoms with Gasteiger partial charge in [0.15, 0.2) is 0 Å². The molecule has 17 heavy (non-hydrogen) atoms. The predicted molar refractivity (Wildman–Crippen MR) is 58.7 cm³/mol. The van der Waals surface area contributed by atoms with Crippen molar-refractivity contribution in [2.45, 2.75) is 18.2 Å². The lowest BCUT2D eigenvalue weighted by Gasteiger charge is -2.16. The van der Waals surface area contributed by atoms with Gasteiger partial charge in [-0.25, -0.2) is 0 Å². The van der Waals surface area contributed by atoms with E-state index in [9.17, 15) is 26.3 Å². The van der Waals surface area contributed by atoms with E-state index in [0.717, 1.165) is 22.6 Å². The Hall–Kier alpha value is -0.180. The molecule has 0 atom stereocenters. The fourth-order valence-corrected chi connectivity index (χ4v) is 2.25. The monoisotopic (exact) mass is 388 g/mol. The summed E-state index contributed by atoms with van der Waals surface area (Å²) in [5.41, 5.74) is -2.85. The standard InChI is InChI=1S/C9H4ClF6I/c10-3-4-1-5(8(11,12)13)7(17)6(2-4)9(14,15)16/h1-2H,3H2. The Morgan fingerprint density at radius 1 is 0.941 bits per heavy atom. The normalized spacial score (nSPS) is 12.9. The number of halogens is 8. The molecule has 0 saturated carbocycles. The Morgan fingerprint density at radius 2 is 1.29 bits per heavy atom. The van der Waals surface area contributed by atoms with Crippen molar-refractivity contribution in [3.05, 3.63) is 32.4 Å². The molecule has 0 nitrogen and oxygen atoms in total. The zero-order valence-corrected chi connectivity index (χ0v) is 10.8. The van der Waals surface area contributed by atoms with Crippen molar-refractivity contribution in [3.8, 4) is 0 Å². The van der Waals surface area contributed by atoms with Gasteiger partial charge in [-0.1, -0.05) is 0 Å². The molecule has 0 saturated heterocycles. The summed E-state index contributed by atoms with van der Waals surface area (Å²) in [5.74, 6) is -0.414. The molecule has 0 unspecified atom stereocenters. The Labute approximate surface area is 111 Å². The van der Waals surface area contributed by atoms with Crippen LogP contribution in [0.4, 0.5) is 26.3 Å². The summed E-state index contributed by atoms with van der Waals surface area (Å²) in [6, 6.07) is 1.26. The summed E-state index contributed by atoms with van der Waals surface area (Å²) in [6.45, 7) is 0. The lowest BCUT2D eigenvalue weighted by Crippen LogP contribution is -2.15. The largest absolute Gasteiger partial charge is 0.417 e. The fraction of sp³-hybridized carbons (Fsp3) is 0.333. The first-order chi connectivity index (χ1) is 7.57. The molecule has 0 bridgehead atoms. The number of rotatable bonds is 1. The highest BCUT2D eigenvalue weighted by molar-refractivity contribution is 14.1.